The first-order chi connectivity index (χ1) is 50.2. The standard InChI is InChI=1S/C35H56N2O3.C30H45NO3.C29H45NO2/c1-21-16-30-31(37(20-21)15-14-36-32(39)33(4,5)6)23(3)35(40-30)13-11-26-27-9-8-24-17-25(38)10-12-34(24,7)29(27)18-28(26)22(2)19-35;1-17-12-27-28(31(16-17)20(4)32)19(3)30(34-27)11-9-23-24-7-6-21-13-22(33)8-10-29(21,5)26(24)14-25(23)18(2)15-30;1-17-12-26-27(30(5)16-17)19(3)29(32-26)11-9-22-23-7-6-20-13-21(31)8-10-28(20,4)25(23)14-24(22)18(2)15-29/h21,23-24,26-27,29-31H,8-20H2,1-7H3,(H,36,39);17,19,21,23-24,26-28H,6-16H2,1-5H3;17,19-20,22-23,25-27H,6-16H2,1-5H3/t21-,23+,24+,26-,27-,29-,30+,31-,34-,35-;17-,19+,21+,23-,24-,26-,27+,28-,29-,30-;17-,19+,20+,22-,23-,25-,26+,27-,28-,29-/m000/s1. The van der Waals surface area contributed by atoms with E-state index in [-0.39, 0.29) is 46.2 Å². The molecule has 12 aliphatic carbocycles. The molecule has 30 atom stereocenters. The van der Waals surface area contributed by atoms with Gasteiger partial charge in [0.05, 0.1) is 41.2 Å². The number of allylic oxidation sites excluding steroid dienone is 3. The number of likely N-dealkylation sites (N-methyl/N-ethyl adjacent to an activating group) is 1. The minimum atomic E-state index is -0.348. The number of carbonyl (C=O) groups is 5. The zero-order chi connectivity index (χ0) is 75.0. The number of amides is 2. The van der Waals surface area contributed by atoms with Crippen LogP contribution in [0.4, 0.5) is 0 Å². The van der Waals surface area contributed by atoms with Crippen LogP contribution in [-0.2, 0) is 38.2 Å². The van der Waals surface area contributed by atoms with Crippen molar-refractivity contribution < 1.29 is 38.2 Å². The fraction of sp³-hybridized carbons (Fsp3) is 0.883. The Morgan fingerprint density at radius 1 is 0.472 bits per heavy atom. The van der Waals surface area contributed by atoms with Gasteiger partial charge in [-0.25, -0.2) is 0 Å². The van der Waals surface area contributed by atoms with E-state index in [1.807, 2.05) is 26.3 Å². The summed E-state index contributed by atoms with van der Waals surface area (Å²) in [4.78, 5) is 69.2. The topological polar surface area (TPSA) is 135 Å². The highest BCUT2D eigenvalue weighted by Gasteiger charge is 2.65. The van der Waals surface area contributed by atoms with Crippen LogP contribution in [0.25, 0.3) is 0 Å². The van der Waals surface area contributed by atoms with E-state index in [4.69, 9.17) is 14.2 Å². The second kappa shape index (κ2) is 28.2. The molecule has 1 N–H and O–H groups in total. The van der Waals surface area contributed by atoms with Crippen molar-refractivity contribution in [2.45, 2.75) is 357 Å². The number of carbonyl (C=O) groups excluding carboxylic acids is 5. The van der Waals surface area contributed by atoms with E-state index >= 15 is 0 Å². The largest absolute Gasteiger partial charge is 0.369 e. The van der Waals surface area contributed by atoms with E-state index in [0.29, 0.717) is 118 Å². The highest BCUT2D eigenvalue weighted by molar-refractivity contribution is 5.82. The summed E-state index contributed by atoms with van der Waals surface area (Å²) in [5.74, 6) is 14.2. The Kier molecular flexibility index (Phi) is 20.5. The molecule has 0 aromatic carbocycles. The van der Waals surface area contributed by atoms with E-state index in [1.54, 1.807) is 34.8 Å². The molecule has 18 rings (SSSR count). The molecule has 0 radical (unpaired) electrons. The van der Waals surface area contributed by atoms with E-state index in [0.717, 1.165) is 169 Å². The SMILES string of the molecule is CC(=O)N1C[C@@H](C)C[C@H]2O[C@]3(CC[C@@H]4C(=C(C)C3)C[C@H]3[C@H]4CC[C@@H]4CC(=O)CC[C@@]43C)[C@H](C)[C@@H]21.CC1=C2C[C@H]3[C@@H](CC[C@@H]4CC(=O)CC[C@@]43C)[C@@H]2CC[C@@]2(C1)O[C@@H]1C[C@H](C)CN(C)[C@H]1[C@H]2C.CC1=C2C[C@H]3[C@@H](CC[C@@H]4CC(=O)CC[C@@]43C)[C@@H]2CC[C@@]2(C1)O[C@@H]1C[C@H](C)CN(CCNC(=O)C(C)(C)C)[C@H]1[C@H]2C. The monoisotopic (exact) mass is 1460 g/mol. The fourth-order valence-electron chi connectivity index (χ4n) is 31.2. The molecule has 0 aromatic rings. The zero-order valence-electron chi connectivity index (χ0n) is 69.7. The lowest BCUT2D eigenvalue weighted by Gasteiger charge is -2.52. The molecular formula is C94H146N4O8. The van der Waals surface area contributed by atoms with Gasteiger partial charge < -0.3 is 29.3 Å². The maximum Gasteiger partial charge on any atom is 0.225 e. The summed E-state index contributed by atoms with van der Waals surface area (Å²) in [5, 5.41) is 3.20. The van der Waals surface area contributed by atoms with Gasteiger partial charge in [-0.15, -0.1) is 0 Å². The molecule has 106 heavy (non-hydrogen) atoms. The molecule has 15 fully saturated rings. The molecule has 12 heteroatoms. The Morgan fingerprint density at radius 3 is 1.23 bits per heavy atom. The van der Waals surface area contributed by atoms with Gasteiger partial charge in [0.15, 0.2) is 0 Å². The van der Waals surface area contributed by atoms with Crippen molar-refractivity contribution in [2.24, 2.45) is 128 Å². The fourth-order valence-corrected chi connectivity index (χ4v) is 31.2. The second-order valence-electron chi connectivity index (χ2n) is 43.5. The molecule has 6 aliphatic heterocycles. The van der Waals surface area contributed by atoms with Crippen molar-refractivity contribution in [3.63, 3.8) is 0 Å². The van der Waals surface area contributed by atoms with Gasteiger partial charge in [-0.3, -0.25) is 28.9 Å². The lowest BCUT2D eigenvalue weighted by molar-refractivity contribution is -0.137. The Hall–Kier alpha value is -3.03. The number of ketones is 3. The highest BCUT2D eigenvalue weighted by atomic mass is 16.5. The maximum absolute atomic E-state index is 12.6. The van der Waals surface area contributed by atoms with Crippen LogP contribution in [0.2, 0.25) is 0 Å². The predicted octanol–water partition coefficient (Wildman–Crippen LogP) is 18.5. The van der Waals surface area contributed by atoms with Crippen LogP contribution in [0, 0.1) is 128 Å². The van der Waals surface area contributed by atoms with Crippen LogP contribution < -0.4 is 5.32 Å². The minimum Gasteiger partial charge on any atom is -0.369 e. The molecule has 590 valence electrons. The molecular weight excluding hydrogens is 1310 g/mol. The van der Waals surface area contributed by atoms with E-state index in [1.165, 1.54) is 103 Å². The molecule has 12 nitrogen and oxygen atoms in total. The van der Waals surface area contributed by atoms with Gasteiger partial charge in [0.2, 0.25) is 11.8 Å². The van der Waals surface area contributed by atoms with Gasteiger partial charge in [-0.1, -0.05) is 117 Å². The first-order valence-corrected chi connectivity index (χ1v) is 44.8. The van der Waals surface area contributed by atoms with Crippen LogP contribution in [0.3, 0.4) is 0 Å². The summed E-state index contributed by atoms with van der Waals surface area (Å²) in [5.41, 5.74) is 10.9. The first kappa shape index (κ1) is 76.9. The van der Waals surface area contributed by atoms with Gasteiger partial charge in [0, 0.05) is 113 Å². The lowest BCUT2D eigenvalue weighted by Crippen LogP contribution is -2.54. The molecule has 6 saturated heterocycles. The van der Waals surface area contributed by atoms with Crippen LogP contribution in [0.5, 0.6) is 0 Å². The first-order valence-electron chi connectivity index (χ1n) is 44.8. The molecule has 2 amide bonds. The summed E-state index contributed by atoms with van der Waals surface area (Å²) >= 11 is 0. The number of ether oxygens (including phenoxy) is 3. The smallest absolute Gasteiger partial charge is 0.225 e. The van der Waals surface area contributed by atoms with Gasteiger partial charge in [-0.05, 0) is 287 Å². The number of Topliss-reactive ketones (excluding diaryl/α,β-unsaturated/α-hetero) is 3. The third-order valence-corrected chi connectivity index (χ3v) is 36.8. The number of likely N-dealkylation sites (tertiary alicyclic amines) is 3. The second-order valence-corrected chi connectivity index (χ2v) is 43.5. The quantitative estimate of drug-likeness (QED) is 0.272. The van der Waals surface area contributed by atoms with Gasteiger partial charge in [-0.2, -0.15) is 0 Å². The van der Waals surface area contributed by atoms with Crippen molar-refractivity contribution in [2.75, 3.05) is 39.8 Å². The van der Waals surface area contributed by atoms with Crippen LogP contribution >= 0.6 is 0 Å². The number of rotatable bonds is 3. The van der Waals surface area contributed by atoms with E-state index < -0.39 is 0 Å². The molecule has 0 unspecified atom stereocenters. The summed E-state index contributed by atoms with van der Waals surface area (Å²) in [7, 11) is 2.33. The summed E-state index contributed by atoms with van der Waals surface area (Å²) in [6.07, 6.45) is 35.1. The van der Waals surface area contributed by atoms with Crippen molar-refractivity contribution in [3.8, 4) is 0 Å². The van der Waals surface area contributed by atoms with E-state index in [2.05, 4.69) is 110 Å². The van der Waals surface area contributed by atoms with E-state index in [9.17, 15) is 24.0 Å². The van der Waals surface area contributed by atoms with Crippen molar-refractivity contribution >= 4 is 29.2 Å². The highest BCUT2D eigenvalue weighted by Crippen LogP contribution is 2.69. The summed E-state index contributed by atoms with van der Waals surface area (Å²) in [6.45, 7) is 41.9. The van der Waals surface area contributed by atoms with Gasteiger partial charge in [0.1, 0.15) is 17.3 Å². The molecule has 6 heterocycles. The van der Waals surface area contributed by atoms with Crippen molar-refractivity contribution in [3.05, 3.63) is 33.4 Å². The van der Waals surface area contributed by atoms with Crippen LogP contribution in [-0.4, -0.2) is 137 Å². The molecule has 0 aromatic heterocycles. The molecule has 9 saturated carbocycles. The number of nitrogens with zero attached hydrogens (tertiary/aromatic N) is 3. The predicted molar refractivity (Wildman–Crippen MR) is 421 cm³/mol. The third-order valence-electron chi connectivity index (χ3n) is 36.8. The number of nitrogens with one attached hydrogen (secondary N) is 1. The third kappa shape index (κ3) is 12.9. The number of hydrogen-bond acceptors (Lipinski definition) is 10. The average molecular weight is 1460 g/mol. The molecule has 0 bridgehead atoms. The van der Waals surface area contributed by atoms with Crippen molar-refractivity contribution in [1.29, 1.82) is 0 Å². The number of fused-ring (bicyclic) bond motifs is 18. The summed E-state index contributed by atoms with van der Waals surface area (Å²) in [6, 6.07) is 1.29. The van der Waals surface area contributed by atoms with Crippen LogP contribution in [0.1, 0.15) is 303 Å². The number of piperidine rings is 3. The normalized spacial score (nSPS) is 49.6. The Labute approximate surface area is 641 Å². The lowest BCUT2D eigenvalue weighted by atomic mass is 9.52. The molecule has 3 spiro atoms. The molecule has 18 aliphatic rings. The Bertz CT molecular complexity index is 3530. The van der Waals surface area contributed by atoms with Gasteiger partial charge >= 0.3 is 0 Å². The Balaban J connectivity index is 0.000000123. The van der Waals surface area contributed by atoms with Gasteiger partial charge in [0.25, 0.3) is 0 Å². The number of hydrogen-bond donors (Lipinski definition) is 1. The maximum atomic E-state index is 12.6. The van der Waals surface area contributed by atoms with Crippen molar-refractivity contribution in [1.82, 2.24) is 20.0 Å². The minimum absolute atomic E-state index is 0.0540. The zero-order valence-corrected chi connectivity index (χ0v) is 69.7. The summed E-state index contributed by atoms with van der Waals surface area (Å²) < 4.78 is 21.4. The van der Waals surface area contributed by atoms with Crippen LogP contribution in [0.15, 0.2) is 33.4 Å². The Morgan fingerprint density at radius 2 is 0.830 bits per heavy atom. The average Bonchev–Trinajstić information content (AvgIpc) is 1.56.